The lowest BCUT2D eigenvalue weighted by Gasteiger charge is -2.13. The summed E-state index contributed by atoms with van der Waals surface area (Å²) in [6, 6.07) is 2.38. The quantitative estimate of drug-likeness (QED) is 0.476. The number of pyridine rings is 1. The summed E-state index contributed by atoms with van der Waals surface area (Å²) in [5.74, 6) is -1.19. The zero-order chi connectivity index (χ0) is 14.7. The fraction of sp³-hybridized carbons (Fsp3) is 0.333. The number of carboxylic acids is 1. The third-order valence-electron chi connectivity index (χ3n) is 2.98. The number of nitro groups is 1. The minimum atomic E-state index is -0.918. The van der Waals surface area contributed by atoms with E-state index in [1.807, 2.05) is 0 Å². The smallest absolute Gasteiger partial charge is 0.311 e. The molecule has 1 aliphatic carbocycles. The molecule has 0 fully saturated rings. The topological polar surface area (TPSA) is 115 Å². The van der Waals surface area contributed by atoms with E-state index in [1.165, 1.54) is 19.2 Å². The molecule has 0 spiro atoms. The molecule has 2 unspecified atom stereocenters. The zero-order valence-electron chi connectivity index (χ0n) is 10.6. The van der Waals surface area contributed by atoms with Crippen LogP contribution in [0.3, 0.4) is 0 Å². The van der Waals surface area contributed by atoms with Gasteiger partial charge in [-0.1, -0.05) is 12.2 Å². The molecule has 20 heavy (non-hydrogen) atoms. The van der Waals surface area contributed by atoms with Crippen molar-refractivity contribution < 1.29 is 19.6 Å². The van der Waals surface area contributed by atoms with Gasteiger partial charge in [0, 0.05) is 18.2 Å². The molecule has 2 N–H and O–H groups in total. The van der Waals surface area contributed by atoms with Crippen LogP contribution in [-0.4, -0.2) is 34.1 Å². The predicted octanol–water partition coefficient (Wildman–Crippen LogP) is 1.44. The number of nitrogens with one attached hydrogen (secondary N) is 1. The van der Waals surface area contributed by atoms with Crippen LogP contribution in [0.5, 0.6) is 5.88 Å². The van der Waals surface area contributed by atoms with E-state index in [0.717, 1.165) is 0 Å². The van der Waals surface area contributed by atoms with Crippen molar-refractivity contribution in [1.82, 2.24) is 4.98 Å². The lowest BCUT2D eigenvalue weighted by atomic mass is 10.1. The highest BCUT2D eigenvalue weighted by molar-refractivity contribution is 5.73. The maximum Gasteiger partial charge on any atom is 0.311 e. The maximum atomic E-state index is 10.9. The van der Waals surface area contributed by atoms with Crippen LogP contribution in [0, 0.1) is 16.0 Å². The Kier molecular flexibility index (Phi) is 3.83. The number of anilines is 1. The van der Waals surface area contributed by atoms with Crippen LogP contribution in [0.15, 0.2) is 24.3 Å². The Bertz CT molecular complexity index is 572. The first kappa shape index (κ1) is 13.8. The van der Waals surface area contributed by atoms with Crippen LogP contribution in [0.1, 0.15) is 6.42 Å². The summed E-state index contributed by atoms with van der Waals surface area (Å²) in [5, 5.41) is 22.7. The molecular weight excluding hydrogens is 266 g/mol. The van der Waals surface area contributed by atoms with E-state index < -0.39 is 16.8 Å². The van der Waals surface area contributed by atoms with E-state index in [4.69, 9.17) is 9.84 Å². The molecule has 2 rings (SSSR count). The normalized spacial score (nSPS) is 20.6. The van der Waals surface area contributed by atoms with Gasteiger partial charge in [0.25, 0.3) is 0 Å². The zero-order valence-corrected chi connectivity index (χ0v) is 10.6. The number of rotatable bonds is 5. The third-order valence-corrected chi connectivity index (χ3v) is 2.98. The van der Waals surface area contributed by atoms with Gasteiger partial charge in [0.05, 0.1) is 18.0 Å². The standard InChI is InChI=1S/C12H13N3O5/c1-20-10-5-4-9(15(18)19)11(14-10)13-8-3-2-7(6-8)12(16)17/h2-5,7-8H,6H2,1H3,(H,13,14)(H,16,17). The minimum absolute atomic E-state index is 0.0649. The molecule has 0 aliphatic heterocycles. The molecule has 0 aromatic carbocycles. The van der Waals surface area contributed by atoms with Crippen LogP contribution < -0.4 is 10.1 Å². The number of nitrogens with zero attached hydrogens (tertiary/aromatic N) is 2. The van der Waals surface area contributed by atoms with Gasteiger partial charge in [-0.15, -0.1) is 0 Å². The van der Waals surface area contributed by atoms with Gasteiger partial charge in [0.15, 0.2) is 0 Å². The van der Waals surface area contributed by atoms with Crippen LogP contribution >= 0.6 is 0 Å². The van der Waals surface area contributed by atoms with Crippen molar-refractivity contribution >= 4 is 17.5 Å². The first-order chi connectivity index (χ1) is 9.51. The van der Waals surface area contributed by atoms with Gasteiger partial charge >= 0.3 is 11.7 Å². The van der Waals surface area contributed by atoms with Crippen molar-refractivity contribution in [3.8, 4) is 5.88 Å². The van der Waals surface area contributed by atoms with E-state index in [9.17, 15) is 14.9 Å². The van der Waals surface area contributed by atoms with Gasteiger partial charge in [-0.2, -0.15) is 4.98 Å². The SMILES string of the molecule is COc1ccc([N+](=O)[O-])c(NC2C=CC(C(=O)O)C2)n1. The summed E-state index contributed by atoms with van der Waals surface area (Å²) in [6.07, 6.45) is 3.56. The lowest BCUT2D eigenvalue weighted by molar-refractivity contribution is -0.384. The van der Waals surface area contributed by atoms with Crippen molar-refractivity contribution in [3.05, 3.63) is 34.4 Å². The molecule has 1 aromatic heterocycles. The fourth-order valence-electron chi connectivity index (χ4n) is 1.97. The van der Waals surface area contributed by atoms with Crippen molar-refractivity contribution in [2.45, 2.75) is 12.5 Å². The lowest BCUT2D eigenvalue weighted by Crippen LogP contribution is -2.20. The second-order valence-corrected chi connectivity index (χ2v) is 4.29. The predicted molar refractivity (Wildman–Crippen MR) is 69.7 cm³/mol. The van der Waals surface area contributed by atoms with E-state index in [-0.39, 0.29) is 23.4 Å². The number of aliphatic carboxylic acids is 1. The van der Waals surface area contributed by atoms with E-state index in [1.54, 1.807) is 12.2 Å². The van der Waals surface area contributed by atoms with E-state index in [2.05, 4.69) is 10.3 Å². The molecule has 1 aromatic rings. The van der Waals surface area contributed by atoms with Crippen LogP contribution in [0.4, 0.5) is 11.5 Å². The Labute approximate surface area is 114 Å². The number of ether oxygens (including phenoxy) is 1. The monoisotopic (exact) mass is 279 g/mol. The van der Waals surface area contributed by atoms with Gasteiger partial charge in [0.2, 0.25) is 11.7 Å². The van der Waals surface area contributed by atoms with Gasteiger partial charge in [-0.25, -0.2) is 0 Å². The molecular formula is C12H13N3O5. The molecule has 0 saturated carbocycles. The first-order valence-electron chi connectivity index (χ1n) is 5.88. The molecule has 106 valence electrons. The molecule has 2 atom stereocenters. The van der Waals surface area contributed by atoms with Crippen molar-refractivity contribution in [2.75, 3.05) is 12.4 Å². The average molecular weight is 279 g/mol. The van der Waals surface area contributed by atoms with Gasteiger partial charge in [-0.05, 0) is 6.42 Å². The summed E-state index contributed by atoms with van der Waals surface area (Å²) in [6.45, 7) is 0. The minimum Gasteiger partial charge on any atom is -0.481 e. The summed E-state index contributed by atoms with van der Waals surface area (Å²) in [5.41, 5.74) is -0.182. The first-order valence-corrected chi connectivity index (χ1v) is 5.88. The summed E-state index contributed by atoms with van der Waals surface area (Å²) < 4.78 is 4.93. The van der Waals surface area contributed by atoms with Gasteiger partial charge < -0.3 is 15.2 Å². The van der Waals surface area contributed by atoms with Crippen molar-refractivity contribution in [2.24, 2.45) is 5.92 Å². The number of aromatic nitrogens is 1. The largest absolute Gasteiger partial charge is 0.481 e. The molecule has 0 radical (unpaired) electrons. The summed E-state index contributed by atoms with van der Waals surface area (Å²) in [7, 11) is 1.41. The Morgan fingerprint density at radius 1 is 1.55 bits per heavy atom. The molecule has 1 heterocycles. The summed E-state index contributed by atoms with van der Waals surface area (Å²) in [4.78, 5) is 25.2. The molecule has 8 nitrogen and oxygen atoms in total. The average Bonchev–Trinajstić information content (AvgIpc) is 2.87. The van der Waals surface area contributed by atoms with Gasteiger partial charge in [0.1, 0.15) is 0 Å². The second kappa shape index (κ2) is 5.55. The van der Waals surface area contributed by atoms with Crippen LogP contribution in [0.25, 0.3) is 0 Å². The highest BCUT2D eigenvalue weighted by Crippen LogP contribution is 2.28. The third kappa shape index (κ3) is 2.85. The molecule has 0 amide bonds. The van der Waals surface area contributed by atoms with Crippen LogP contribution in [-0.2, 0) is 4.79 Å². The molecule has 0 saturated heterocycles. The van der Waals surface area contributed by atoms with Crippen molar-refractivity contribution in [1.29, 1.82) is 0 Å². The number of carboxylic acid groups (broad SMARTS) is 1. The van der Waals surface area contributed by atoms with Crippen molar-refractivity contribution in [3.63, 3.8) is 0 Å². The fourth-order valence-corrected chi connectivity index (χ4v) is 1.97. The van der Waals surface area contributed by atoms with E-state index >= 15 is 0 Å². The Balaban J connectivity index is 2.18. The Morgan fingerprint density at radius 2 is 2.30 bits per heavy atom. The van der Waals surface area contributed by atoms with Crippen LogP contribution in [0.2, 0.25) is 0 Å². The van der Waals surface area contributed by atoms with E-state index in [0.29, 0.717) is 6.42 Å². The number of methoxy groups -OCH3 is 1. The summed E-state index contributed by atoms with van der Waals surface area (Å²) >= 11 is 0. The maximum absolute atomic E-state index is 10.9. The highest BCUT2D eigenvalue weighted by atomic mass is 16.6. The highest BCUT2D eigenvalue weighted by Gasteiger charge is 2.26. The molecule has 0 bridgehead atoms. The molecule has 1 aliphatic rings. The number of hydrogen-bond acceptors (Lipinski definition) is 6. The number of hydrogen-bond donors (Lipinski definition) is 2. The number of carbonyl (C=O) groups is 1. The Morgan fingerprint density at radius 3 is 2.85 bits per heavy atom. The van der Waals surface area contributed by atoms with Gasteiger partial charge in [-0.3, -0.25) is 14.9 Å². The second-order valence-electron chi connectivity index (χ2n) is 4.29. The Hall–Kier alpha value is -2.64. The molecule has 8 heteroatoms.